The zero-order chi connectivity index (χ0) is 63.3. The Labute approximate surface area is 510 Å². The van der Waals surface area contributed by atoms with Gasteiger partial charge in [0.1, 0.15) is 5.84 Å². The smallest absolute Gasteiger partial charge is 0.416 e. The molecule has 4 N–H and O–H groups in total. The number of hydrogen-bond acceptors (Lipinski definition) is 13. The lowest BCUT2D eigenvalue weighted by molar-refractivity contribution is -0.138. The lowest BCUT2D eigenvalue weighted by Gasteiger charge is -2.26. The monoisotopic (exact) mass is 1210 g/mol. The maximum Gasteiger partial charge on any atom is 0.416 e. The van der Waals surface area contributed by atoms with Gasteiger partial charge in [0.25, 0.3) is 0 Å². The number of nitrogens with one attached hydrogen (secondary N) is 3. The van der Waals surface area contributed by atoms with Crippen molar-refractivity contribution in [2.24, 2.45) is 5.10 Å². The molecular weight excluding hydrogens is 1130 g/mol. The Morgan fingerprint density at radius 1 is 0.534 bits per heavy atom. The summed E-state index contributed by atoms with van der Waals surface area (Å²) in [6, 6.07) is 33.6. The number of hydrogen-bond donors (Lipinski definition) is 4. The van der Waals surface area contributed by atoms with Crippen LogP contribution in [0.15, 0.2) is 139 Å². The Balaban J connectivity index is 0.000000229. The number of nitrogens with zero attached hydrogens (tertiary/aromatic N) is 7. The number of amidine groups is 1. The van der Waals surface area contributed by atoms with Gasteiger partial charge in [0, 0.05) is 39.0 Å². The molecule has 0 atom stereocenters. The number of hydrazone groups is 1. The Bertz CT molecular complexity index is 3730. The van der Waals surface area contributed by atoms with Crippen LogP contribution in [-0.4, -0.2) is 50.1 Å². The van der Waals surface area contributed by atoms with Crippen LogP contribution >= 0.6 is 0 Å². The van der Waals surface area contributed by atoms with Crippen LogP contribution in [-0.2, 0) is 43.3 Å². The number of carboxylic acid groups (broad SMARTS) is 1. The third-order valence-electron chi connectivity index (χ3n) is 14.7. The molecule has 6 aromatic carbocycles. The number of aliphatic carboxylic acids is 1. The average molecular weight is 1210 g/mol. The minimum absolute atomic E-state index is 0.0115. The Morgan fingerprint density at radius 3 is 1.44 bits per heavy atom. The number of aryl methyl sites for hydroxylation is 7. The molecule has 462 valence electrons. The van der Waals surface area contributed by atoms with Crippen LogP contribution in [0.5, 0.6) is 11.5 Å². The lowest BCUT2D eigenvalue weighted by atomic mass is 9.90. The Hall–Kier alpha value is -9.04. The van der Waals surface area contributed by atoms with Crippen molar-refractivity contribution in [3.8, 4) is 33.8 Å². The van der Waals surface area contributed by atoms with Crippen LogP contribution in [0, 0.1) is 48.5 Å². The predicted octanol–water partition coefficient (Wildman–Crippen LogP) is 15.3. The summed E-state index contributed by atoms with van der Waals surface area (Å²) in [4.78, 5) is 32.7. The second kappa shape index (κ2) is 29.1. The van der Waals surface area contributed by atoms with Gasteiger partial charge in [0.05, 0.1) is 49.1 Å². The topological polar surface area (TPSA) is 162 Å². The maximum atomic E-state index is 13.8. The van der Waals surface area contributed by atoms with Crippen molar-refractivity contribution in [1.82, 2.24) is 36.4 Å². The van der Waals surface area contributed by atoms with Gasteiger partial charge in [-0.1, -0.05) is 127 Å². The number of alkyl halides is 6. The molecule has 8 aromatic rings. The van der Waals surface area contributed by atoms with Gasteiger partial charge in [0.15, 0.2) is 11.5 Å². The highest BCUT2D eigenvalue weighted by molar-refractivity contribution is 5.82. The van der Waals surface area contributed by atoms with E-state index in [1.807, 2.05) is 36.6 Å². The Kier molecular flexibility index (Phi) is 21.5. The van der Waals surface area contributed by atoms with E-state index in [0.29, 0.717) is 84.1 Å². The number of rotatable bonds is 23. The van der Waals surface area contributed by atoms with E-state index in [1.54, 1.807) is 38.4 Å². The van der Waals surface area contributed by atoms with Crippen LogP contribution in [0.25, 0.3) is 22.3 Å². The highest BCUT2D eigenvalue weighted by atomic mass is 19.4. The molecule has 0 radical (unpaired) electrons. The first-order valence-corrected chi connectivity index (χ1v) is 29.0. The van der Waals surface area contributed by atoms with Crippen LogP contribution in [0.2, 0.25) is 0 Å². The van der Waals surface area contributed by atoms with Gasteiger partial charge in [-0.2, -0.15) is 26.3 Å². The molecule has 0 amide bonds. The van der Waals surface area contributed by atoms with Crippen LogP contribution in [0.3, 0.4) is 0 Å². The fraction of sp³-hybridized carbons (Fsp3) is 0.324. The van der Waals surface area contributed by atoms with Crippen molar-refractivity contribution in [3.05, 3.63) is 212 Å². The van der Waals surface area contributed by atoms with E-state index in [-0.39, 0.29) is 26.1 Å². The summed E-state index contributed by atoms with van der Waals surface area (Å²) in [5.74, 6) is 1.87. The van der Waals surface area contributed by atoms with Gasteiger partial charge in [-0.25, -0.2) is 25.5 Å². The molecule has 1 aliphatic rings. The summed E-state index contributed by atoms with van der Waals surface area (Å²) in [6.07, 6.45) is -0.957. The number of carbonyl (C=O) groups is 1. The number of carboxylic acids is 1. The van der Waals surface area contributed by atoms with E-state index in [4.69, 9.17) is 14.6 Å². The van der Waals surface area contributed by atoms with Crippen LogP contribution < -0.4 is 35.8 Å². The number of hydrazine groups is 2. The van der Waals surface area contributed by atoms with Crippen molar-refractivity contribution < 1.29 is 45.7 Å². The van der Waals surface area contributed by atoms with E-state index in [1.165, 1.54) is 36.2 Å². The molecule has 2 aromatic heterocycles. The highest BCUT2D eigenvalue weighted by Crippen LogP contribution is 2.37. The van der Waals surface area contributed by atoms with Crippen molar-refractivity contribution in [2.45, 2.75) is 132 Å². The average Bonchev–Trinajstić information content (AvgIpc) is 1.42. The van der Waals surface area contributed by atoms with Gasteiger partial charge in [0.2, 0.25) is 11.9 Å². The fourth-order valence-corrected chi connectivity index (χ4v) is 10.3. The summed E-state index contributed by atoms with van der Waals surface area (Å²) < 4.78 is 93.6. The predicted molar refractivity (Wildman–Crippen MR) is 332 cm³/mol. The molecule has 88 heavy (non-hydrogen) atoms. The third-order valence-corrected chi connectivity index (χ3v) is 14.7. The summed E-state index contributed by atoms with van der Waals surface area (Å²) in [5, 5.41) is 12.9. The molecule has 0 spiro atoms. The minimum atomic E-state index is -4.46. The summed E-state index contributed by atoms with van der Waals surface area (Å²) in [7, 11) is 0. The molecule has 1 aliphatic heterocycles. The zero-order valence-electron chi connectivity index (χ0n) is 50.9. The van der Waals surface area contributed by atoms with E-state index in [2.05, 4.69) is 136 Å². The van der Waals surface area contributed by atoms with E-state index in [0.717, 1.165) is 79.5 Å². The first-order valence-electron chi connectivity index (χ1n) is 29.0. The zero-order valence-corrected chi connectivity index (χ0v) is 50.9. The SMILES string of the molecule is Cc1cc(CN(Cc2cc(C)ccc2-c2cc(C(C)C)ccc2C)c2ncc(OCCCC3=NNNN3)cn2)cc(C(F)(F)F)c1.Cc1cc(CN(Cc2cc(C)ccc2-c2cc(C)ccc2C)c2ncc(OCCCC(=O)O)cn2)cc(C(F)(F)F)c1. The molecule has 3 heterocycles. The largest absolute Gasteiger partial charge is 0.490 e. The molecule has 0 unspecified atom stereocenters. The second-order valence-electron chi connectivity index (χ2n) is 22.6. The van der Waals surface area contributed by atoms with Crippen molar-refractivity contribution in [1.29, 1.82) is 0 Å². The minimum Gasteiger partial charge on any atom is -0.490 e. The van der Waals surface area contributed by atoms with Gasteiger partial charge in [-0.15, -0.1) is 10.6 Å². The van der Waals surface area contributed by atoms with Crippen molar-refractivity contribution in [3.63, 3.8) is 0 Å². The van der Waals surface area contributed by atoms with E-state index in [9.17, 15) is 31.1 Å². The van der Waals surface area contributed by atoms with Gasteiger partial charge in [-0.05, 0) is 153 Å². The normalized spacial score (nSPS) is 12.2. The standard InChI is InChI=1S/C35H40F3N7O.C33H34F3N3O3/c1-22(2)27-10-9-25(5)32(17-27)31-11-8-23(3)14-28(31)21-45(20-26-13-24(4)15-29(16-26)35(36,37)38)34-39-18-30(19-40-34)46-12-6-7-33-41-43-44-42-33;1-21-8-10-29(30-15-22(2)7-9-24(30)4)26(13-21)20-39(19-25-12-23(3)14-27(16-25)33(34,35)36)32-37-17-28(18-38-32)42-11-5-6-31(40)41/h8-11,13-19,22,43-44H,6-7,12,20-21H2,1-5H3,(H,41,42);7-10,12-18H,5-6,11,19-20H2,1-4H3,(H,40,41). The third kappa shape index (κ3) is 18.3. The number of halogens is 6. The highest BCUT2D eigenvalue weighted by Gasteiger charge is 2.32. The summed E-state index contributed by atoms with van der Waals surface area (Å²) in [5.41, 5.74) is 22.0. The summed E-state index contributed by atoms with van der Waals surface area (Å²) in [6.45, 7) is 19.6. The molecule has 9 rings (SSSR count). The van der Waals surface area contributed by atoms with Gasteiger partial charge in [-0.3, -0.25) is 10.2 Å². The van der Waals surface area contributed by atoms with E-state index < -0.39 is 29.4 Å². The van der Waals surface area contributed by atoms with Crippen molar-refractivity contribution >= 4 is 23.7 Å². The molecule has 14 nitrogen and oxygen atoms in total. The first-order chi connectivity index (χ1) is 41.8. The quantitative estimate of drug-likeness (QED) is 0.0354. The fourth-order valence-electron chi connectivity index (χ4n) is 10.3. The van der Waals surface area contributed by atoms with Gasteiger partial charge < -0.3 is 24.4 Å². The van der Waals surface area contributed by atoms with Crippen LogP contribution in [0.4, 0.5) is 38.2 Å². The summed E-state index contributed by atoms with van der Waals surface area (Å²) >= 11 is 0. The molecule has 0 fully saturated rings. The maximum absolute atomic E-state index is 13.8. The number of anilines is 2. The van der Waals surface area contributed by atoms with Gasteiger partial charge >= 0.3 is 18.3 Å². The van der Waals surface area contributed by atoms with E-state index >= 15 is 0 Å². The Morgan fingerprint density at radius 2 is 0.989 bits per heavy atom. The first kappa shape index (κ1) is 64.9. The number of ether oxygens (including phenoxy) is 2. The molecule has 0 saturated heterocycles. The lowest BCUT2D eigenvalue weighted by Crippen LogP contribution is -2.35. The van der Waals surface area contributed by atoms with Crippen LogP contribution in [0.1, 0.15) is 123 Å². The molecule has 20 heteroatoms. The second-order valence-corrected chi connectivity index (χ2v) is 22.6. The molecule has 0 aliphatic carbocycles. The molecular formula is C68H74F6N10O4. The molecule has 0 saturated carbocycles. The number of aromatic nitrogens is 4. The van der Waals surface area contributed by atoms with Crippen molar-refractivity contribution in [2.75, 3.05) is 23.0 Å². The number of benzene rings is 6. The molecule has 0 bridgehead atoms.